The smallest absolute Gasteiger partial charge is 0.306 e. The molecule has 190 valence electrons. The molecule has 0 radical (unpaired) electrons. The van der Waals surface area contributed by atoms with Gasteiger partial charge < -0.3 is 19.5 Å². The van der Waals surface area contributed by atoms with E-state index in [9.17, 15) is 9.59 Å². The monoisotopic (exact) mass is 546 g/mol. The van der Waals surface area contributed by atoms with Gasteiger partial charge in [0, 0.05) is 34.5 Å². The van der Waals surface area contributed by atoms with Crippen LogP contribution in [0.3, 0.4) is 0 Å². The molecule has 2 aromatic carbocycles. The van der Waals surface area contributed by atoms with Gasteiger partial charge in [0.1, 0.15) is 0 Å². The number of carbonyl (C=O) groups is 2. The number of thioether (sulfide) groups is 1. The number of thiazole rings is 1. The van der Waals surface area contributed by atoms with Crippen LogP contribution in [0, 0.1) is 0 Å². The maximum absolute atomic E-state index is 13.3. The highest BCUT2D eigenvalue weighted by molar-refractivity contribution is 8.01. The summed E-state index contributed by atoms with van der Waals surface area (Å²) < 4.78 is 16.3. The molecule has 2 heterocycles. The third kappa shape index (κ3) is 5.96. The molecule has 10 heteroatoms. The molecule has 3 aromatic rings. The van der Waals surface area contributed by atoms with Crippen LogP contribution in [0.1, 0.15) is 40.4 Å². The molecule has 0 fully saturated rings. The van der Waals surface area contributed by atoms with Gasteiger partial charge >= 0.3 is 5.97 Å². The standard InChI is InChI=1S/C26H27ClN2O5S2/c1-4-34-23(30)11-9-16-14-35-22(28-16)13-21-26(31)29-19-10-8-15(27)12-18(19)25(36-21)17-6-5-7-20(32-2)24(17)33-3/h5-8,10,12,14,21,25H,4,9,11,13H2,1-3H3,(H,29,31)/t21-,25-/m0/s1. The van der Waals surface area contributed by atoms with Crippen molar-refractivity contribution in [1.29, 1.82) is 0 Å². The molecule has 1 aliphatic heterocycles. The van der Waals surface area contributed by atoms with Crippen LogP contribution < -0.4 is 14.8 Å². The van der Waals surface area contributed by atoms with E-state index in [1.54, 1.807) is 27.2 Å². The lowest BCUT2D eigenvalue weighted by Gasteiger charge is -2.23. The van der Waals surface area contributed by atoms with E-state index in [0.717, 1.165) is 21.8 Å². The molecule has 0 spiro atoms. The Morgan fingerprint density at radius 3 is 2.75 bits per heavy atom. The first-order valence-corrected chi connectivity index (χ1v) is 13.7. The quantitative estimate of drug-likeness (QED) is 0.345. The van der Waals surface area contributed by atoms with Crippen molar-refractivity contribution >= 4 is 52.3 Å². The molecular weight excluding hydrogens is 520 g/mol. The van der Waals surface area contributed by atoms with Crippen LogP contribution in [0.15, 0.2) is 41.8 Å². The third-order valence-electron chi connectivity index (χ3n) is 5.71. The minimum atomic E-state index is -0.416. The van der Waals surface area contributed by atoms with Gasteiger partial charge in [-0.15, -0.1) is 23.1 Å². The Balaban J connectivity index is 1.63. The summed E-state index contributed by atoms with van der Waals surface area (Å²) in [5, 5.41) is 5.77. The lowest BCUT2D eigenvalue weighted by Crippen LogP contribution is -2.26. The van der Waals surface area contributed by atoms with E-state index in [0.29, 0.717) is 41.7 Å². The molecule has 0 aliphatic carbocycles. The number of ether oxygens (including phenoxy) is 3. The summed E-state index contributed by atoms with van der Waals surface area (Å²) in [5.74, 6) is 0.894. The molecule has 1 amide bonds. The van der Waals surface area contributed by atoms with Crippen LogP contribution >= 0.6 is 34.7 Å². The predicted molar refractivity (Wildman–Crippen MR) is 144 cm³/mol. The van der Waals surface area contributed by atoms with Crippen molar-refractivity contribution < 1.29 is 23.8 Å². The number of hydrogen-bond donors (Lipinski definition) is 1. The van der Waals surface area contributed by atoms with E-state index < -0.39 is 5.25 Å². The summed E-state index contributed by atoms with van der Waals surface area (Å²) in [4.78, 5) is 29.7. The summed E-state index contributed by atoms with van der Waals surface area (Å²) in [5.41, 5.74) is 3.32. The number of halogens is 1. The van der Waals surface area contributed by atoms with Gasteiger partial charge in [0.05, 0.1) is 48.4 Å². The second kappa shape index (κ2) is 12.0. The van der Waals surface area contributed by atoms with Crippen molar-refractivity contribution in [1.82, 2.24) is 4.98 Å². The van der Waals surface area contributed by atoms with E-state index >= 15 is 0 Å². The number of nitrogens with one attached hydrogen (secondary N) is 1. The fourth-order valence-electron chi connectivity index (χ4n) is 4.06. The van der Waals surface area contributed by atoms with Crippen LogP contribution in [0.4, 0.5) is 5.69 Å². The van der Waals surface area contributed by atoms with Crippen LogP contribution in [0.2, 0.25) is 5.02 Å². The van der Waals surface area contributed by atoms with Gasteiger partial charge in [0.2, 0.25) is 5.91 Å². The number of aromatic nitrogens is 1. The van der Waals surface area contributed by atoms with Gasteiger partial charge in [-0.2, -0.15) is 0 Å². The van der Waals surface area contributed by atoms with Crippen LogP contribution in [0.5, 0.6) is 11.5 Å². The molecule has 1 aliphatic rings. The first kappa shape index (κ1) is 26.3. The number of hydrogen-bond acceptors (Lipinski definition) is 8. The van der Waals surface area contributed by atoms with Crippen molar-refractivity contribution in [3.8, 4) is 11.5 Å². The van der Waals surface area contributed by atoms with E-state index in [1.165, 1.54) is 23.1 Å². The molecular formula is C26H27ClN2O5S2. The Morgan fingerprint density at radius 2 is 2.00 bits per heavy atom. The lowest BCUT2D eigenvalue weighted by atomic mass is 10.0. The second-order valence-corrected chi connectivity index (χ2v) is 10.7. The molecule has 0 unspecified atom stereocenters. The van der Waals surface area contributed by atoms with Crippen molar-refractivity contribution in [2.75, 3.05) is 26.1 Å². The van der Waals surface area contributed by atoms with Gasteiger partial charge in [-0.1, -0.05) is 23.7 Å². The second-order valence-electron chi connectivity index (χ2n) is 8.05. The number of nitrogens with zero attached hydrogens (tertiary/aromatic N) is 1. The minimum absolute atomic E-state index is 0.101. The number of fused-ring (bicyclic) bond motifs is 1. The molecule has 1 N–H and O–H groups in total. The summed E-state index contributed by atoms with van der Waals surface area (Å²) in [7, 11) is 3.21. The van der Waals surface area contributed by atoms with E-state index in [2.05, 4.69) is 10.3 Å². The molecule has 0 bridgehead atoms. The topological polar surface area (TPSA) is 86.8 Å². The Bertz CT molecular complexity index is 1250. The summed E-state index contributed by atoms with van der Waals surface area (Å²) >= 11 is 9.39. The Hall–Kier alpha value is -2.75. The highest BCUT2D eigenvalue weighted by Crippen LogP contribution is 2.50. The van der Waals surface area contributed by atoms with Crippen molar-refractivity contribution in [3.63, 3.8) is 0 Å². The maximum Gasteiger partial charge on any atom is 0.306 e. The average molecular weight is 547 g/mol. The maximum atomic E-state index is 13.3. The highest BCUT2D eigenvalue weighted by Gasteiger charge is 2.34. The van der Waals surface area contributed by atoms with Crippen LogP contribution in [-0.2, 0) is 27.2 Å². The largest absolute Gasteiger partial charge is 0.493 e. The molecule has 0 saturated heterocycles. The molecule has 4 rings (SSSR count). The Kier molecular flexibility index (Phi) is 8.77. The first-order valence-electron chi connectivity index (χ1n) is 11.5. The van der Waals surface area contributed by atoms with E-state index in [4.69, 9.17) is 25.8 Å². The average Bonchev–Trinajstić information content (AvgIpc) is 3.28. The number of benzene rings is 2. The highest BCUT2D eigenvalue weighted by atomic mass is 35.5. The normalized spacial score (nSPS) is 17.1. The molecule has 2 atom stereocenters. The Labute approximate surface area is 223 Å². The number of para-hydroxylation sites is 1. The number of amides is 1. The number of aryl methyl sites for hydroxylation is 1. The van der Waals surface area contributed by atoms with Gasteiger partial charge in [-0.25, -0.2) is 4.98 Å². The van der Waals surface area contributed by atoms with Crippen molar-refractivity contribution in [2.45, 2.75) is 36.7 Å². The van der Waals surface area contributed by atoms with Gasteiger partial charge in [-0.05, 0) is 36.8 Å². The fraction of sp³-hybridized carbons (Fsp3) is 0.346. The molecule has 0 saturated carbocycles. The minimum Gasteiger partial charge on any atom is -0.493 e. The fourth-order valence-corrected chi connectivity index (χ4v) is 6.66. The number of carbonyl (C=O) groups excluding carboxylic acids is 2. The zero-order valence-electron chi connectivity index (χ0n) is 20.2. The number of anilines is 1. The number of esters is 1. The van der Waals surface area contributed by atoms with E-state index in [1.807, 2.05) is 35.7 Å². The predicted octanol–water partition coefficient (Wildman–Crippen LogP) is 5.70. The summed E-state index contributed by atoms with van der Waals surface area (Å²) in [6, 6.07) is 11.2. The molecule has 7 nitrogen and oxygen atoms in total. The number of rotatable bonds is 9. The zero-order chi connectivity index (χ0) is 25.7. The number of methoxy groups -OCH3 is 2. The third-order valence-corrected chi connectivity index (χ3v) is 8.36. The van der Waals surface area contributed by atoms with Crippen molar-refractivity contribution in [3.05, 3.63) is 68.6 Å². The summed E-state index contributed by atoms with van der Waals surface area (Å²) in [6.45, 7) is 2.15. The van der Waals surface area contributed by atoms with E-state index in [-0.39, 0.29) is 23.5 Å². The zero-order valence-corrected chi connectivity index (χ0v) is 22.6. The van der Waals surface area contributed by atoms with Gasteiger partial charge in [0.15, 0.2) is 11.5 Å². The first-order chi connectivity index (χ1) is 17.4. The molecule has 1 aromatic heterocycles. The molecule has 36 heavy (non-hydrogen) atoms. The lowest BCUT2D eigenvalue weighted by molar-refractivity contribution is -0.143. The van der Waals surface area contributed by atoms with Crippen molar-refractivity contribution in [2.24, 2.45) is 0 Å². The summed E-state index contributed by atoms with van der Waals surface area (Å²) in [6.07, 6.45) is 1.24. The van der Waals surface area contributed by atoms with Crippen LogP contribution in [-0.4, -0.2) is 42.9 Å². The Morgan fingerprint density at radius 1 is 1.17 bits per heavy atom. The van der Waals surface area contributed by atoms with Crippen LogP contribution in [0.25, 0.3) is 0 Å². The van der Waals surface area contributed by atoms with Gasteiger partial charge in [0.25, 0.3) is 0 Å². The SMILES string of the molecule is CCOC(=O)CCc1csc(C[C@@H]2S[C@@H](c3cccc(OC)c3OC)c3cc(Cl)ccc3NC2=O)n1. The van der Waals surface area contributed by atoms with Gasteiger partial charge in [-0.3, -0.25) is 9.59 Å².